The molecule has 2 N–H and O–H groups in total. The highest BCUT2D eigenvalue weighted by Crippen LogP contribution is 2.38. The van der Waals surface area contributed by atoms with E-state index in [1.54, 1.807) is 0 Å². The number of hydrogen-bond acceptors (Lipinski definition) is 4. The van der Waals surface area contributed by atoms with E-state index in [9.17, 15) is 5.26 Å². The molecule has 0 bridgehead atoms. The topological polar surface area (TPSA) is 65.9 Å². The molecule has 1 aromatic heterocycles. The third-order valence-corrected chi connectivity index (χ3v) is 5.17. The highest BCUT2D eigenvalue weighted by molar-refractivity contribution is 5.80. The first kappa shape index (κ1) is 17.3. The monoisotopic (exact) mass is 334 g/mol. The van der Waals surface area contributed by atoms with Crippen molar-refractivity contribution in [2.45, 2.75) is 39.0 Å². The molecule has 0 radical (unpaired) electrons. The van der Waals surface area contributed by atoms with Crippen LogP contribution in [-0.4, -0.2) is 19.1 Å². The smallest absolute Gasteiger partial charge is 0.142 e. The van der Waals surface area contributed by atoms with E-state index in [0.29, 0.717) is 17.3 Å². The molecule has 0 spiro atoms. The largest absolute Gasteiger partial charge is 0.383 e. The van der Waals surface area contributed by atoms with Crippen molar-refractivity contribution in [2.24, 2.45) is 5.92 Å². The molecule has 3 rings (SSSR count). The molecular formula is C21H26N4. The third kappa shape index (κ3) is 3.32. The molecule has 1 aromatic carbocycles. The summed E-state index contributed by atoms with van der Waals surface area (Å²) in [5.74, 6) is 1.04. The van der Waals surface area contributed by atoms with Crippen molar-refractivity contribution in [1.82, 2.24) is 4.98 Å². The van der Waals surface area contributed by atoms with Gasteiger partial charge in [0.05, 0.1) is 0 Å². The van der Waals surface area contributed by atoms with Crippen LogP contribution in [0.25, 0.3) is 11.1 Å². The molecule has 1 aliphatic carbocycles. The minimum absolute atomic E-state index is 0.363. The summed E-state index contributed by atoms with van der Waals surface area (Å²) in [7, 11) is 4.05. The summed E-state index contributed by atoms with van der Waals surface area (Å²) < 4.78 is 0. The van der Waals surface area contributed by atoms with Gasteiger partial charge in [-0.05, 0) is 48.4 Å². The Hall–Kier alpha value is -2.54. The maximum atomic E-state index is 9.70. The van der Waals surface area contributed by atoms with Gasteiger partial charge < -0.3 is 10.6 Å². The van der Waals surface area contributed by atoms with E-state index in [4.69, 9.17) is 5.73 Å². The average Bonchev–Trinajstić information content (AvgIpc) is 2.61. The highest BCUT2D eigenvalue weighted by Gasteiger charge is 2.26. The first-order valence-electron chi connectivity index (χ1n) is 9.04. The summed E-state index contributed by atoms with van der Waals surface area (Å²) in [5.41, 5.74) is 12.2. The second-order valence-corrected chi connectivity index (χ2v) is 7.12. The van der Waals surface area contributed by atoms with Crippen molar-refractivity contribution in [1.29, 1.82) is 5.26 Å². The van der Waals surface area contributed by atoms with Crippen LogP contribution in [0.5, 0.6) is 0 Å². The zero-order chi connectivity index (χ0) is 18.0. The van der Waals surface area contributed by atoms with E-state index in [2.05, 4.69) is 47.1 Å². The first-order chi connectivity index (χ1) is 12.0. The molecule has 0 saturated carbocycles. The van der Waals surface area contributed by atoms with Gasteiger partial charge in [-0.25, -0.2) is 4.98 Å². The molecule has 1 aliphatic rings. The second kappa shape index (κ2) is 7.14. The van der Waals surface area contributed by atoms with Gasteiger partial charge in [0.1, 0.15) is 17.5 Å². The third-order valence-electron chi connectivity index (χ3n) is 5.17. The van der Waals surface area contributed by atoms with E-state index < -0.39 is 0 Å². The number of hydrogen-bond donors (Lipinski definition) is 1. The Labute approximate surface area is 150 Å². The van der Waals surface area contributed by atoms with Crippen molar-refractivity contribution in [3.8, 4) is 17.2 Å². The van der Waals surface area contributed by atoms with Crippen LogP contribution in [0, 0.1) is 17.2 Å². The number of pyridine rings is 1. The van der Waals surface area contributed by atoms with E-state index in [-0.39, 0.29) is 0 Å². The van der Waals surface area contributed by atoms with Crippen LogP contribution >= 0.6 is 0 Å². The van der Waals surface area contributed by atoms with Crippen LogP contribution in [0.4, 0.5) is 11.5 Å². The molecule has 0 amide bonds. The Morgan fingerprint density at radius 3 is 2.60 bits per heavy atom. The fourth-order valence-electron chi connectivity index (χ4n) is 3.86. The molecular weight excluding hydrogens is 308 g/mol. The Kier molecular flexibility index (Phi) is 4.94. The molecule has 1 heterocycles. The summed E-state index contributed by atoms with van der Waals surface area (Å²) >= 11 is 0. The molecule has 4 heteroatoms. The van der Waals surface area contributed by atoms with Crippen LogP contribution in [0.1, 0.15) is 43.0 Å². The lowest BCUT2D eigenvalue weighted by Crippen LogP contribution is -2.18. The zero-order valence-corrected chi connectivity index (χ0v) is 15.3. The SMILES string of the molecule is CCCC1CCc2nc(N)c(C#N)c(-c3ccc(N(C)C)cc3)c2C1. The van der Waals surface area contributed by atoms with Gasteiger partial charge >= 0.3 is 0 Å². The Morgan fingerprint density at radius 2 is 2.00 bits per heavy atom. The number of anilines is 2. The number of aromatic nitrogens is 1. The van der Waals surface area contributed by atoms with Gasteiger partial charge in [-0.1, -0.05) is 31.9 Å². The lowest BCUT2D eigenvalue weighted by Gasteiger charge is -2.27. The molecule has 0 aliphatic heterocycles. The maximum absolute atomic E-state index is 9.70. The fraction of sp³-hybridized carbons (Fsp3) is 0.429. The van der Waals surface area contributed by atoms with Crippen molar-refractivity contribution in [3.63, 3.8) is 0 Å². The quantitative estimate of drug-likeness (QED) is 0.911. The van der Waals surface area contributed by atoms with E-state index in [1.807, 2.05) is 14.1 Å². The molecule has 1 unspecified atom stereocenters. The number of nitriles is 1. The van der Waals surface area contributed by atoms with Crippen LogP contribution in [0.15, 0.2) is 24.3 Å². The lowest BCUT2D eigenvalue weighted by molar-refractivity contribution is 0.419. The number of rotatable bonds is 4. The fourth-order valence-corrected chi connectivity index (χ4v) is 3.86. The average molecular weight is 334 g/mol. The van der Waals surface area contributed by atoms with Crippen LogP contribution < -0.4 is 10.6 Å². The molecule has 0 fully saturated rings. The van der Waals surface area contributed by atoms with Gasteiger partial charge in [0, 0.05) is 31.0 Å². The normalized spacial score (nSPS) is 16.2. The van der Waals surface area contributed by atoms with E-state index >= 15 is 0 Å². The summed E-state index contributed by atoms with van der Waals surface area (Å²) in [4.78, 5) is 6.63. The van der Waals surface area contributed by atoms with E-state index in [1.165, 1.54) is 18.4 Å². The second-order valence-electron chi connectivity index (χ2n) is 7.12. The van der Waals surface area contributed by atoms with Crippen LogP contribution in [0.2, 0.25) is 0 Å². The predicted octanol–water partition coefficient (Wildman–Crippen LogP) is 4.17. The molecule has 1 atom stereocenters. The molecule has 25 heavy (non-hydrogen) atoms. The van der Waals surface area contributed by atoms with Gasteiger partial charge in [0.25, 0.3) is 0 Å². The van der Waals surface area contributed by atoms with Crippen LogP contribution in [0.3, 0.4) is 0 Å². The highest BCUT2D eigenvalue weighted by atomic mass is 15.1. The first-order valence-corrected chi connectivity index (χ1v) is 9.04. The van der Waals surface area contributed by atoms with Crippen molar-refractivity contribution in [2.75, 3.05) is 24.7 Å². The van der Waals surface area contributed by atoms with Gasteiger partial charge in [-0.3, -0.25) is 0 Å². The van der Waals surface area contributed by atoms with Gasteiger partial charge in [-0.2, -0.15) is 5.26 Å². The summed E-state index contributed by atoms with van der Waals surface area (Å²) in [6.45, 7) is 2.23. The van der Waals surface area contributed by atoms with E-state index in [0.717, 1.165) is 41.8 Å². The number of aryl methyl sites for hydroxylation is 1. The predicted molar refractivity (Wildman–Crippen MR) is 104 cm³/mol. The Bertz CT molecular complexity index is 800. The minimum Gasteiger partial charge on any atom is -0.383 e. The summed E-state index contributed by atoms with van der Waals surface area (Å²) in [6.07, 6.45) is 5.54. The molecule has 0 saturated heterocycles. The van der Waals surface area contributed by atoms with Gasteiger partial charge in [-0.15, -0.1) is 0 Å². The standard InChI is InChI=1S/C21H26N4/c1-4-5-14-6-11-19-17(12-14)20(18(13-22)21(23)24-19)15-7-9-16(10-8-15)25(2)3/h7-10,14H,4-6,11-12H2,1-3H3,(H2,23,24). The maximum Gasteiger partial charge on any atom is 0.142 e. The number of benzene rings is 1. The number of nitrogen functional groups attached to an aromatic ring is 1. The summed E-state index contributed by atoms with van der Waals surface area (Å²) in [6, 6.07) is 10.7. The number of fused-ring (bicyclic) bond motifs is 1. The lowest BCUT2D eigenvalue weighted by atomic mass is 9.79. The Balaban J connectivity index is 2.14. The molecule has 4 nitrogen and oxygen atoms in total. The summed E-state index contributed by atoms with van der Waals surface area (Å²) in [5, 5.41) is 9.70. The minimum atomic E-state index is 0.363. The number of nitrogens with zero attached hydrogens (tertiary/aromatic N) is 3. The molecule has 2 aromatic rings. The zero-order valence-electron chi connectivity index (χ0n) is 15.3. The van der Waals surface area contributed by atoms with Gasteiger partial charge in [0.2, 0.25) is 0 Å². The molecule has 130 valence electrons. The Morgan fingerprint density at radius 1 is 1.28 bits per heavy atom. The number of nitrogens with two attached hydrogens (primary N) is 1. The van der Waals surface area contributed by atoms with Gasteiger partial charge in [0.15, 0.2) is 0 Å². The van der Waals surface area contributed by atoms with Crippen molar-refractivity contribution < 1.29 is 0 Å². The van der Waals surface area contributed by atoms with Crippen molar-refractivity contribution in [3.05, 3.63) is 41.1 Å². The van der Waals surface area contributed by atoms with Crippen molar-refractivity contribution >= 4 is 11.5 Å². The van der Waals surface area contributed by atoms with Crippen LogP contribution in [-0.2, 0) is 12.8 Å².